The van der Waals surface area contributed by atoms with E-state index in [9.17, 15) is 4.79 Å². The average Bonchev–Trinajstić information content (AvgIpc) is 3.03. The van der Waals surface area contributed by atoms with Crippen LogP contribution in [0.5, 0.6) is 0 Å². The Hall–Kier alpha value is -1.05. The topological polar surface area (TPSA) is 59.2 Å². The van der Waals surface area contributed by atoms with Gasteiger partial charge in [0.2, 0.25) is 5.91 Å². The third-order valence-electron chi connectivity index (χ3n) is 2.45. The number of thioether (sulfide) groups is 1. The van der Waals surface area contributed by atoms with Crippen LogP contribution in [0.4, 0.5) is 0 Å². The summed E-state index contributed by atoms with van der Waals surface area (Å²) >= 11 is 8.72. The Labute approximate surface area is 130 Å². The highest BCUT2D eigenvalue weighted by Crippen LogP contribution is 2.31. The second-order valence-electron chi connectivity index (χ2n) is 4.22. The maximum absolute atomic E-state index is 11.4. The van der Waals surface area contributed by atoms with E-state index in [2.05, 4.69) is 10.2 Å². The highest BCUT2D eigenvalue weighted by molar-refractivity contribution is 7.99. The summed E-state index contributed by atoms with van der Waals surface area (Å²) in [7, 11) is 3.51. The van der Waals surface area contributed by atoms with Crippen molar-refractivity contribution in [3.05, 3.63) is 16.5 Å². The molecule has 2 aromatic heterocycles. The van der Waals surface area contributed by atoms with Crippen LogP contribution in [0.2, 0.25) is 4.34 Å². The average molecular weight is 332 g/mol. The van der Waals surface area contributed by atoms with Crippen LogP contribution in [0.15, 0.2) is 21.8 Å². The van der Waals surface area contributed by atoms with E-state index in [0.29, 0.717) is 21.9 Å². The maximum atomic E-state index is 11.4. The summed E-state index contributed by atoms with van der Waals surface area (Å²) in [5.41, 5.74) is 0. The first kappa shape index (κ1) is 15.3. The molecule has 5 nitrogen and oxygen atoms in total. The predicted molar refractivity (Wildman–Crippen MR) is 81.3 cm³/mol. The molecule has 2 heterocycles. The molecule has 0 bridgehead atoms. The summed E-state index contributed by atoms with van der Waals surface area (Å²) in [6.45, 7) is 0. The smallest absolute Gasteiger partial charge is 0.276 e. The van der Waals surface area contributed by atoms with E-state index in [-0.39, 0.29) is 5.91 Å². The SMILES string of the molecule is CN(C)C(=O)CCCSc1nnc(-c2ccc(Cl)s2)o1. The van der Waals surface area contributed by atoms with Gasteiger partial charge in [-0.05, 0) is 18.6 Å². The zero-order valence-electron chi connectivity index (χ0n) is 11.1. The fourth-order valence-corrected chi connectivity index (χ4v) is 3.07. The van der Waals surface area contributed by atoms with Gasteiger partial charge in [0.25, 0.3) is 11.1 Å². The molecule has 2 rings (SSSR count). The summed E-state index contributed by atoms with van der Waals surface area (Å²) in [6.07, 6.45) is 1.31. The van der Waals surface area contributed by atoms with Crippen molar-refractivity contribution in [3.63, 3.8) is 0 Å². The van der Waals surface area contributed by atoms with Crippen molar-refractivity contribution < 1.29 is 9.21 Å². The monoisotopic (exact) mass is 331 g/mol. The molecule has 0 spiro atoms. The summed E-state index contributed by atoms with van der Waals surface area (Å²) in [5.74, 6) is 1.38. The molecule has 0 aliphatic heterocycles. The highest BCUT2D eigenvalue weighted by atomic mass is 35.5. The lowest BCUT2D eigenvalue weighted by Gasteiger charge is -2.08. The van der Waals surface area contributed by atoms with Crippen molar-refractivity contribution in [2.75, 3.05) is 19.8 Å². The summed E-state index contributed by atoms with van der Waals surface area (Å²) in [4.78, 5) is 13.9. The molecule has 1 amide bonds. The van der Waals surface area contributed by atoms with Crippen molar-refractivity contribution >= 4 is 40.6 Å². The van der Waals surface area contributed by atoms with Gasteiger partial charge in [0.15, 0.2) is 0 Å². The number of nitrogens with zero attached hydrogens (tertiary/aromatic N) is 3. The van der Waals surface area contributed by atoms with Crippen LogP contribution in [0.25, 0.3) is 10.8 Å². The van der Waals surface area contributed by atoms with Gasteiger partial charge in [0.05, 0.1) is 9.21 Å². The molecule has 0 saturated heterocycles. The molecule has 0 fully saturated rings. The molecule has 2 aromatic rings. The molecule has 0 aliphatic rings. The number of carbonyl (C=O) groups excluding carboxylic acids is 1. The lowest BCUT2D eigenvalue weighted by molar-refractivity contribution is -0.128. The van der Waals surface area contributed by atoms with E-state index >= 15 is 0 Å². The van der Waals surface area contributed by atoms with Gasteiger partial charge in [-0.3, -0.25) is 4.79 Å². The van der Waals surface area contributed by atoms with Gasteiger partial charge in [-0.15, -0.1) is 21.5 Å². The highest BCUT2D eigenvalue weighted by Gasteiger charge is 2.11. The van der Waals surface area contributed by atoms with E-state index < -0.39 is 0 Å². The first-order valence-electron chi connectivity index (χ1n) is 5.98. The van der Waals surface area contributed by atoms with Crippen LogP contribution in [-0.4, -0.2) is 40.9 Å². The first-order valence-corrected chi connectivity index (χ1v) is 8.16. The Balaban J connectivity index is 1.80. The second-order valence-corrected chi connectivity index (χ2v) is 6.98. The van der Waals surface area contributed by atoms with Crippen LogP contribution in [-0.2, 0) is 4.79 Å². The zero-order valence-corrected chi connectivity index (χ0v) is 13.5. The lowest BCUT2D eigenvalue weighted by atomic mass is 10.3. The minimum atomic E-state index is 0.130. The number of amides is 1. The first-order chi connectivity index (χ1) is 9.56. The molecular weight excluding hydrogens is 318 g/mol. The third kappa shape index (κ3) is 4.22. The van der Waals surface area contributed by atoms with Crippen LogP contribution in [0.1, 0.15) is 12.8 Å². The molecule has 108 valence electrons. The quantitative estimate of drug-likeness (QED) is 0.599. The van der Waals surface area contributed by atoms with Gasteiger partial charge >= 0.3 is 0 Å². The van der Waals surface area contributed by atoms with E-state index in [1.165, 1.54) is 23.1 Å². The number of thiophene rings is 1. The van der Waals surface area contributed by atoms with Crippen LogP contribution < -0.4 is 0 Å². The normalized spacial score (nSPS) is 10.8. The molecular formula is C12H14ClN3O2S2. The molecule has 0 aliphatic carbocycles. The van der Waals surface area contributed by atoms with Crippen molar-refractivity contribution in [2.24, 2.45) is 0 Å². The fraction of sp³-hybridized carbons (Fsp3) is 0.417. The Bertz CT molecular complexity index is 583. The zero-order chi connectivity index (χ0) is 14.5. The Kier molecular flexibility index (Phi) is 5.45. The second kappa shape index (κ2) is 7.10. The largest absolute Gasteiger partial charge is 0.410 e. The number of aromatic nitrogens is 2. The van der Waals surface area contributed by atoms with Crippen LogP contribution >= 0.6 is 34.7 Å². The number of rotatable bonds is 6. The van der Waals surface area contributed by atoms with Gasteiger partial charge < -0.3 is 9.32 Å². The summed E-state index contributed by atoms with van der Waals surface area (Å²) in [6, 6.07) is 3.65. The van der Waals surface area contributed by atoms with Gasteiger partial charge in [0, 0.05) is 26.3 Å². The van der Waals surface area contributed by atoms with Crippen LogP contribution in [0, 0.1) is 0 Å². The van der Waals surface area contributed by atoms with E-state index in [1.807, 2.05) is 6.07 Å². The maximum Gasteiger partial charge on any atom is 0.276 e. The molecule has 0 N–H and O–H groups in total. The molecule has 0 aromatic carbocycles. The van der Waals surface area contributed by atoms with Gasteiger partial charge in [0.1, 0.15) is 0 Å². The van der Waals surface area contributed by atoms with Crippen molar-refractivity contribution in [1.82, 2.24) is 15.1 Å². The summed E-state index contributed by atoms with van der Waals surface area (Å²) in [5, 5.41) is 8.46. The Morgan fingerprint density at radius 2 is 2.25 bits per heavy atom. The third-order valence-corrected chi connectivity index (χ3v) is 4.57. The van der Waals surface area contributed by atoms with Crippen molar-refractivity contribution in [3.8, 4) is 10.8 Å². The van der Waals surface area contributed by atoms with Crippen molar-refractivity contribution in [1.29, 1.82) is 0 Å². The fourth-order valence-electron chi connectivity index (χ4n) is 1.40. The molecule has 0 saturated carbocycles. The molecule has 20 heavy (non-hydrogen) atoms. The van der Waals surface area contributed by atoms with Crippen molar-refractivity contribution in [2.45, 2.75) is 18.1 Å². The standard InChI is InChI=1S/C12H14ClN3O2S2/c1-16(2)10(17)4-3-7-19-12-15-14-11(18-12)8-5-6-9(13)20-8/h5-6H,3-4,7H2,1-2H3. The molecule has 8 heteroatoms. The van der Waals surface area contributed by atoms with Crippen LogP contribution in [0.3, 0.4) is 0 Å². The Morgan fingerprint density at radius 3 is 2.90 bits per heavy atom. The molecule has 0 unspecified atom stereocenters. The van der Waals surface area contributed by atoms with Gasteiger partial charge in [-0.1, -0.05) is 23.4 Å². The molecule has 0 atom stereocenters. The van der Waals surface area contributed by atoms with Gasteiger partial charge in [-0.25, -0.2) is 0 Å². The molecule has 0 radical (unpaired) electrons. The number of hydrogen-bond donors (Lipinski definition) is 0. The minimum absolute atomic E-state index is 0.130. The number of halogens is 1. The number of hydrogen-bond acceptors (Lipinski definition) is 6. The Morgan fingerprint density at radius 1 is 1.45 bits per heavy atom. The van der Waals surface area contributed by atoms with E-state index in [0.717, 1.165) is 17.1 Å². The minimum Gasteiger partial charge on any atom is -0.410 e. The lowest BCUT2D eigenvalue weighted by Crippen LogP contribution is -2.21. The summed E-state index contributed by atoms with van der Waals surface area (Å²) < 4.78 is 6.22. The number of carbonyl (C=O) groups is 1. The van der Waals surface area contributed by atoms with Gasteiger partial charge in [-0.2, -0.15) is 0 Å². The predicted octanol–water partition coefficient (Wildman–Crippen LogP) is 3.41. The van der Waals surface area contributed by atoms with E-state index in [4.69, 9.17) is 16.0 Å². The van der Waals surface area contributed by atoms with E-state index in [1.54, 1.807) is 25.1 Å².